The number of nitrogens with zero attached hydrogens (tertiary/aromatic N) is 2. The van der Waals surface area contributed by atoms with Gasteiger partial charge < -0.3 is 15.1 Å². The highest BCUT2D eigenvalue weighted by Crippen LogP contribution is 2.37. The molecule has 2 aromatic rings. The molecule has 2 heterocycles. The van der Waals surface area contributed by atoms with Crippen LogP contribution in [0.2, 0.25) is 0 Å². The maximum absolute atomic E-state index is 13.3. The largest absolute Gasteiger partial charge is 0.481 e. The molecule has 2 aromatic carbocycles. The number of hydrogen-bond acceptors (Lipinski definition) is 5. The fraction of sp³-hybridized carbons (Fsp3) is 0.250. The first-order valence-corrected chi connectivity index (χ1v) is 10.6. The van der Waals surface area contributed by atoms with Crippen LogP contribution in [0.5, 0.6) is 0 Å². The molecule has 9 nitrogen and oxygen atoms in total. The summed E-state index contributed by atoms with van der Waals surface area (Å²) in [7, 11) is -4.17. The summed E-state index contributed by atoms with van der Waals surface area (Å²) in [5.41, 5.74) is 1.35. The van der Waals surface area contributed by atoms with Crippen molar-refractivity contribution in [2.75, 3.05) is 15.7 Å². The normalized spacial score (nSPS) is 21.0. The van der Waals surface area contributed by atoms with E-state index in [1.807, 2.05) is 0 Å². The number of amides is 1. The Bertz CT molecular complexity index is 1140. The van der Waals surface area contributed by atoms with Gasteiger partial charge in [0.2, 0.25) is 5.91 Å². The highest BCUT2D eigenvalue weighted by atomic mass is 32.2. The van der Waals surface area contributed by atoms with Crippen LogP contribution in [-0.4, -0.2) is 49.1 Å². The van der Waals surface area contributed by atoms with Gasteiger partial charge in [0.1, 0.15) is 6.04 Å². The van der Waals surface area contributed by atoms with Gasteiger partial charge in [0, 0.05) is 25.1 Å². The molecule has 0 aliphatic carbocycles. The highest BCUT2D eigenvalue weighted by Gasteiger charge is 2.42. The molecule has 0 bridgehead atoms. The number of hydrogen-bond donors (Lipinski definition) is 2. The second-order valence-electron chi connectivity index (χ2n) is 7.23. The fourth-order valence-electron chi connectivity index (χ4n) is 3.88. The Hall–Kier alpha value is -3.40. The van der Waals surface area contributed by atoms with Gasteiger partial charge in [-0.25, -0.2) is 13.2 Å². The number of carboxylic acids is 2. The molecule has 2 N–H and O–H groups in total. The van der Waals surface area contributed by atoms with Gasteiger partial charge in [-0.1, -0.05) is 18.2 Å². The number of aliphatic carboxylic acids is 2. The van der Waals surface area contributed by atoms with E-state index in [-0.39, 0.29) is 30.2 Å². The SMILES string of the molecule is O=C(O)[C@H]1CC(=O)N(c2ccc(S(=O)(=O)N3c4ccccc4C[C@H]3C(=O)O)cc2)C1. The zero-order chi connectivity index (χ0) is 21.6. The van der Waals surface area contributed by atoms with Crippen LogP contribution < -0.4 is 9.21 Å². The second-order valence-corrected chi connectivity index (χ2v) is 9.04. The van der Waals surface area contributed by atoms with Crippen LogP contribution in [0.4, 0.5) is 11.4 Å². The lowest BCUT2D eigenvalue weighted by atomic mass is 10.1. The fourth-order valence-corrected chi connectivity index (χ4v) is 5.52. The molecule has 4 rings (SSSR count). The van der Waals surface area contributed by atoms with Gasteiger partial charge in [-0.15, -0.1) is 0 Å². The topological polar surface area (TPSA) is 132 Å². The van der Waals surface area contributed by atoms with E-state index in [4.69, 9.17) is 5.11 Å². The Kier molecular flexibility index (Phi) is 4.73. The predicted octanol–water partition coefficient (Wildman–Crippen LogP) is 1.33. The summed E-state index contributed by atoms with van der Waals surface area (Å²) in [6.07, 6.45) is -0.0398. The lowest BCUT2D eigenvalue weighted by Gasteiger charge is -2.24. The number of para-hydroxylation sites is 1. The predicted molar refractivity (Wildman–Crippen MR) is 106 cm³/mol. The maximum Gasteiger partial charge on any atom is 0.327 e. The molecule has 0 unspecified atom stereocenters. The van der Waals surface area contributed by atoms with E-state index in [9.17, 15) is 27.9 Å². The minimum atomic E-state index is -4.17. The molecule has 1 fully saturated rings. The van der Waals surface area contributed by atoms with Gasteiger partial charge in [0.15, 0.2) is 0 Å². The summed E-state index contributed by atoms with van der Waals surface area (Å²) in [6.45, 7) is 0.0147. The first-order valence-electron chi connectivity index (χ1n) is 9.18. The molecule has 0 radical (unpaired) electrons. The van der Waals surface area contributed by atoms with Crippen molar-refractivity contribution in [1.29, 1.82) is 0 Å². The number of benzene rings is 2. The van der Waals surface area contributed by atoms with Crippen molar-refractivity contribution < 1.29 is 33.0 Å². The van der Waals surface area contributed by atoms with Gasteiger partial charge >= 0.3 is 11.9 Å². The van der Waals surface area contributed by atoms with Crippen molar-refractivity contribution in [2.24, 2.45) is 5.92 Å². The maximum atomic E-state index is 13.3. The van der Waals surface area contributed by atoms with Crippen molar-refractivity contribution in [3.63, 3.8) is 0 Å². The first-order chi connectivity index (χ1) is 14.2. The van der Waals surface area contributed by atoms with Crippen LogP contribution in [0.25, 0.3) is 0 Å². The number of anilines is 2. The van der Waals surface area contributed by atoms with Crippen molar-refractivity contribution in [3.05, 3.63) is 54.1 Å². The number of carbonyl (C=O) groups is 3. The van der Waals surface area contributed by atoms with Crippen LogP contribution in [-0.2, 0) is 30.8 Å². The lowest BCUT2D eigenvalue weighted by molar-refractivity contribution is -0.141. The Morgan fingerprint density at radius 1 is 0.933 bits per heavy atom. The Morgan fingerprint density at radius 2 is 1.60 bits per heavy atom. The van der Waals surface area contributed by atoms with Crippen molar-refractivity contribution >= 4 is 39.2 Å². The molecule has 2 atom stereocenters. The van der Waals surface area contributed by atoms with Crippen molar-refractivity contribution in [3.8, 4) is 0 Å². The highest BCUT2D eigenvalue weighted by molar-refractivity contribution is 7.93. The minimum Gasteiger partial charge on any atom is -0.481 e. The molecule has 1 amide bonds. The van der Waals surface area contributed by atoms with Crippen LogP contribution in [0.15, 0.2) is 53.4 Å². The second kappa shape index (κ2) is 7.13. The van der Waals surface area contributed by atoms with Gasteiger partial charge in [0.25, 0.3) is 10.0 Å². The van der Waals surface area contributed by atoms with E-state index in [1.54, 1.807) is 24.3 Å². The van der Waals surface area contributed by atoms with Crippen LogP contribution >= 0.6 is 0 Å². The summed E-state index contributed by atoms with van der Waals surface area (Å²) in [4.78, 5) is 36.1. The first kappa shape index (κ1) is 19.9. The average Bonchev–Trinajstić information content (AvgIpc) is 3.29. The van der Waals surface area contributed by atoms with Crippen LogP contribution in [0, 0.1) is 5.92 Å². The zero-order valence-corrected chi connectivity index (χ0v) is 16.4. The van der Waals surface area contributed by atoms with E-state index in [0.717, 1.165) is 4.31 Å². The standard InChI is InChI=1S/C20H18N2O7S/c23-18-10-13(19(24)25)11-21(18)14-5-7-15(8-6-14)30(28,29)22-16-4-2-1-3-12(16)9-17(22)20(26)27/h1-8,13,17H,9-11H2,(H,24,25)(H,26,27)/t13-,17-/m0/s1. The molecule has 30 heavy (non-hydrogen) atoms. The van der Waals surface area contributed by atoms with E-state index in [2.05, 4.69) is 0 Å². The van der Waals surface area contributed by atoms with Gasteiger partial charge in [-0.05, 0) is 35.9 Å². The molecule has 1 saturated heterocycles. The third kappa shape index (κ3) is 3.18. The van der Waals surface area contributed by atoms with Gasteiger partial charge in [-0.2, -0.15) is 0 Å². The molecule has 0 saturated carbocycles. The summed E-state index contributed by atoms with van der Waals surface area (Å²) < 4.78 is 27.4. The molecule has 2 aliphatic heterocycles. The molecule has 156 valence electrons. The average molecular weight is 430 g/mol. The summed E-state index contributed by atoms with van der Waals surface area (Å²) in [5.74, 6) is -3.46. The minimum absolute atomic E-state index is 0.0147. The zero-order valence-electron chi connectivity index (χ0n) is 15.6. The van der Waals surface area contributed by atoms with Crippen molar-refractivity contribution in [2.45, 2.75) is 23.8 Å². The Labute approximate surface area is 172 Å². The number of fused-ring (bicyclic) bond motifs is 1. The van der Waals surface area contributed by atoms with Gasteiger partial charge in [0.05, 0.1) is 16.5 Å². The summed E-state index contributed by atoms with van der Waals surface area (Å²) in [6, 6.07) is 10.8. The van der Waals surface area contributed by atoms with E-state index in [1.165, 1.54) is 29.2 Å². The van der Waals surface area contributed by atoms with E-state index >= 15 is 0 Å². The van der Waals surface area contributed by atoms with E-state index in [0.29, 0.717) is 16.9 Å². The number of sulfonamides is 1. The molecule has 0 spiro atoms. The molecular formula is C20H18N2O7S. The number of carboxylic acid groups (broad SMARTS) is 2. The monoisotopic (exact) mass is 430 g/mol. The lowest BCUT2D eigenvalue weighted by Crippen LogP contribution is -2.42. The van der Waals surface area contributed by atoms with Gasteiger partial charge in [-0.3, -0.25) is 13.9 Å². The van der Waals surface area contributed by atoms with Crippen molar-refractivity contribution in [1.82, 2.24) is 0 Å². The molecule has 2 aliphatic rings. The van der Waals surface area contributed by atoms with E-state index < -0.39 is 33.9 Å². The molecular weight excluding hydrogens is 412 g/mol. The summed E-state index contributed by atoms with van der Waals surface area (Å²) >= 11 is 0. The molecule has 10 heteroatoms. The Morgan fingerprint density at radius 3 is 2.20 bits per heavy atom. The Balaban J connectivity index is 1.66. The van der Waals surface area contributed by atoms with Crippen LogP contribution in [0.1, 0.15) is 12.0 Å². The molecule has 0 aromatic heterocycles. The quantitative estimate of drug-likeness (QED) is 0.731. The summed E-state index contributed by atoms with van der Waals surface area (Å²) in [5, 5.41) is 18.7. The number of rotatable bonds is 5. The third-order valence-electron chi connectivity index (χ3n) is 5.39. The number of carbonyl (C=O) groups excluding carboxylic acids is 1. The van der Waals surface area contributed by atoms with Crippen LogP contribution in [0.3, 0.4) is 0 Å². The third-order valence-corrected chi connectivity index (χ3v) is 7.23. The smallest absolute Gasteiger partial charge is 0.327 e.